The monoisotopic (exact) mass is 218 g/mol. The van der Waals surface area contributed by atoms with Crippen LogP contribution in [0.5, 0.6) is 0 Å². The zero-order valence-corrected chi connectivity index (χ0v) is 9.48. The van der Waals surface area contributed by atoms with Crippen molar-refractivity contribution in [1.82, 2.24) is 10.2 Å². The molecular formula is C13H18N2O. The van der Waals surface area contributed by atoms with Crippen molar-refractivity contribution < 1.29 is 4.79 Å². The third-order valence-electron chi connectivity index (χ3n) is 2.90. The molecule has 1 aliphatic heterocycles. The molecule has 1 aromatic rings. The van der Waals surface area contributed by atoms with Crippen LogP contribution in [-0.2, 0) is 11.2 Å². The zero-order chi connectivity index (χ0) is 11.2. The van der Waals surface area contributed by atoms with Crippen LogP contribution in [-0.4, -0.2) is 37.0 Å². The molecule has 3 nitrogen and oxygen atoms in total. The minimum absolute atomic E-state index is 0.158. The van der Waals surface area contributed by atoms with Crippen LogP contribution in [0.3, 0.4) is 0 Å². The molecule has 0 radical (unpaired) electrons. The van der Waals surface area contributed by atoms with Crippen molar-refractivity contribution in [2.45, 2.75) is 12.8 Å². The van der Waals surface area contributed by atoms with E-state index in [1.165, 1.54) is 5.56 Å². The highest BCUT2D eigenvalue weighted by Crippen LogP contribution is 2.04. The maximum Gasteiger partial charge on any atom is 0.234 e. The molecule has 1 heterocycles. The van der Waals surface area contributed by atoms with Crippen LogP contribution in [0, 0.1) is 0 Å². The topological polar surface area (TPSA) is 32.3 Å². The predicted molar refractivity (Wildman–Crippen MR) is 64.2 cm³/mol. The molecule has 1 amide bonds. The Kier molecular flexibility index (Phi) is 3.94. The van der Waals surface area contributed by atoms with Crippen LogP contribution in [0.2, 0.25) is 0 Å². The summed E-state index contributed by atoms with van der Waals surface area (Å²) in [7, 11) is 0. The SMILES string of the molecule is O=C1CN(CCCc2ccccc2)CCN1. The molecule has 16 heavy (non-hydrogen) atoms. The zero-order valence-electron chi connectivity index (χ0n) is 9.48. The Balaban J connectivity index is 1.70. The number of amides is 1. The molecule has 2 rings (SSSR count). The largest absolute Gasteiger partial charge is 0.354 e. The van der Waals surface area contributed by atoms with Crippen LogP contribution in [0.25, 0.3) is 0 Å². The van der Waals surface area contributed by atoms with Gasteiger partial charge >= 0.3 is 0 Å². The first-order chi connectivity index (χ1) is 7.84. The summed E-state index contributed by atoms with van der Waals surface area (Å²) in [6.07, 6.45) is 2.22. The van der Waals surface area contributed by atoms with E-state index < -0.39 is 0 Å². The summed E-state index contributed by atoms with van der Waals surface area (Å²) < 4.78 is 0. The van der Waals surface area contributed by atoms with Gasteiger partial charge in [-0.1, -0.05) is 30.3 Å². The van der Waals surface area contributed by atoms with Gasteiger partial charge in [0.05, 0.1) is 6.54 Å². The molecule has 1 N–H and O–H groups in total. The van der Waals surface area contributed by atoms with Gasteiger partial charge in [-0.3, -0.25) is 9.69 Å². The van der Waals surface area contributed by atoms with Gasteiger partial charge in [-0.2, -0.15) is 0 Å². The van der Waals surface area contributed by atoms with Crippen molar-refractivity contribution in [2.24, 2.45) is 0 Å². The van der Waals surface area contributed by atoms with Gasteiger partial charge < -0.3 is 5.32 Å². The van der Waals surface area contributed by atoms with Crippen LogP contribution in [0.4, 0.5) is 0 Å². The minimum Gasteiger partial charge on any atom is -0.354 e. The normalized spacial score (nSPS) is 17.1. The number of carbonyl (C=O) groups is 1. The molecule has 0 bridgehead atoms. The lowest BCUT2D eigenvalue weighted by Gasteiger charge is -2.26. The van der Waals surface area contributed by atoms with Gasteiger partial charge in [-0.05, 0) is 24.9 Å². The fraction of sp³-hybridized carbons (Fsp3) is 0.462. The maximum absolute atomic E-state index is 11.2. The second kappa shape index (κ2) is 5.66. The van der Waals surface area contributed by atoms with E-state index in [1.807, 2.05) is 6.07 Å². The molecule has 0 aliphatic carbocycles. The van der Waals surface area contributed by atoms with Gasteiger partial charge in [-0.25, -0.2) is 0 Å². The van der Waals surface area contributed by atoms with E-state index in [2.05, 4.69) is 34.5 Å². The van der Waals surface area contributed by atoms with Gasteiger partial charge in [0.2, 0.25) is 5.91 Å². The quantitative estimate of drug-likeness (QED) is 0.819. The van der Waals surface area contributed by atoms with E-state index in [4.69, 9.17) is 0 Å². The van der Waals surface area contributed by atoms with Gasteiger partial charge in [-0.15, -0.1) is 0 Å². The Morgan fingerprint density at radius 1 is 1.25 bits per heavy atom. The fourth-order valence-corrected chi connectivity index (χ4v) is 2.03. The molecule has 1 aliphatic rings. The number of hydrogen-bond donors (Lipinski definition) is 1. The average molecular weight is 218 g/mol. The summed E-state index contributed by atoms with van der Waals surface area (Å²) in [5, 5.41) is 2.84. The number of hydrogen-bond acceptors (Lipinski definition) is 2. The average Bonchev–Trinajstić information content (AvgIpc) is 2.30. The van der Waals surface area contributed by atoms with E-state index in [0.29, 0.717) is 6.54 Å². The maximum atomic E-state index is 11.2. The first kappa shape index (κ1) is 11.1. The molecule has 0 spiro atoms. The van der Waals surface area contributed by atoms with E-state index in [1.54, 1.807) is 0 Å². The van der Waals surface area contributed by atoms with Crippen molar-refractivity contribution in [3.8, 4) is 0 Å². The number of rotatable bonds is 4. The number of aryl methyl sites for hydroxylation is 1. The first-order valence-electron chi connectivity index (χ1n) is 5.87. The number of carbonyl (C=O) groups excluding carboxylic acids is 1. The standard InChI is InChI=1S/C13H18N2O/c16-13-11-15(10-8-14-13)9-4-7-12-5-2-1-3-6-12/h1-3,5-6H,4,7-11H2,(H,14,16). The lowest BCUT2D eigenvalue weighted by atomic mass is 10.1. The van der Waals surface area contributed by atoms with Crippen LogP contribution in [0.1, 0.15) is 12.0 Å². The lowest BCUT2D eigenvalue weighted by Crippen LogP contribution is -2.47. The summed E-state index contributed by atoms with van der Waals surface area (Å²) in [4.78, 5) is 13.4. The molecule has 0 saturated carbocycles. The Bertz CT molecular complexity index is 337. The van der Waals surface area contributed by atoms with Crippen molar-refractivity contribution in [3.05, 3.63) is 35.9 Å². The second-order valence-corrected chi connectivity index (χ2v) is 4.22. The Morgan fingerprint density at radius 3 is 2.81 bits per heavy atom. The van der Waals surface area contributed by atoms with E-state index >= 15 is 0 Å². The van der Waals surface area contributed by atoms with Crippen LogP contribution < -0.4 is 5.32 Å². The summed E-state index contributed by atoms with van der Waals surface area (Å²) in [5.41, 5.74) is 1.38. The number of nitrogens with one attached hydrogen (secondary N) is 1. The third-order valence-corrected chi connectivity index (χ3v) is 2.90. The molecule has 1 saturated heterocycles. The Morgan fingerprint density at radius 2 is 2.06 bits per heavy atom. The van der Waals surface area contributed by atoms with Crippen molar-refractivity contribution in [3.63, 3.8) is 0 Å². The molecule has 0 aromatic heterocycles. The molecular weight excluding hydrogens is 200 g/mol. The highest BCUT2D eigenvalue weighted by molar-refractivity contribution is 5.78. The van der Waals surface area contributed by atoms with Gasteiger partial charge in [0.15, 0.2) is 0 Å². The molecule has 3 heteroatoms. The predicted octanol–water partition coefficient (Wildman–Crippen LogP) is 1.05. The summed E-state index contributed by atoms with van der Waals surface area (Å²) in [6, 6.07) is 10.5. The number of benzene rings is 1. The fourth-order valence-electron chi connectivity index (χ4n) is 2.03. The minimum atomic E-state index is 0.158. The Hall–Kier alpha value is -1.35. The van der Waals surface area contributed by atoms with E-state index in [9.17, 15) is 4.79 Å². The van der Waals surface area contributed by atoms with Gasteiger partial charge in [0.1, 0.15) is 0 Å². The van der Waals surface area contributed by atoms with Crippen molar-refractivity contribution in [1.29, 1.82) is 0 Å². The first-order valence-corrected chi connectivity index (χ1v) is 5.87. The van der Waals surface area contributed by atoms with E-state index in [-0.39, 0.29) is 5.91 Å². The second-order valence-electron chi connectivity index (χ2n) is 4.22. The number of piperazine rings is 1. The Labute approximate surface area is 96.5 Å². The third kappa shape index (κ3) is 3.35. The molecule has 1 fully saturated rings. The van der Waals surface area contributed by atoms with Gasteiger partial charge in [0.25, 0.3) is 0 Å². The van der Waals surface area contributed by atoms with Crippen molar-refractivity contribution >= 4 is 5.91 Å². The number of nitrogens with zero attached hydrogens (tertiary/aromatic N) is 1. The van der Waals surface area contributed by atoms with Crippen molar-refractivity contribution in [2.75, 3.05) is 26.2 Å². The van der Waals surface area contributed by atoms with E-state index in [0.717, 1.165) is 32.5 Å². The summed E-state index contributed by atoms with van der Waals surface area (Å²) in [6.45, 7) is 3.36. The molecule has 0 atom stereocenters. The molecule has 1 aromatic carbocycles. The smallest absolute Gasteiger partial charge is 0.234 e. The van der Waals surface area contributed by atoms with Gasteiger partial charge in [0, 0.05) is 13.1 Å². The summed E-state index contributed by atoms with van der Waals surface area (Å²) in [5.74, 6) is 0.158. The summed E-state index contributed by atoms with van der Waals surface area (Å²) >= 11 is 0. The lowest BCUT2D eigenvalue weighted by molar-refractivity contribution is -0.124. The molecule has 0 unspecified atom stereocenters. The molecule has 86 valence electrons. The van der Waals surface area contributed by atoms with Crippen LogP contribution in [0.15, 0.2) is 30.3 Å². The van der Waals surface area contributed by atoms with Crippen LogP contribution >= 0.6 is 0 Å². The highest BCUT2D eigenvalue weighted by atomic mass is 16.2. The highest BCUT2D eigenvalue weighted by Gasteiger charge is 2.14.